The molecule has 2 heterocycles. The van der Waals surface area contributed by atoms with E-state index in [-0.39, 0.29) is 6.29 Å². The number of hydrogen-bond acceptors (Lipinski definition) is 7. The fourth-order valence-electron chi connectivity index (χ4n) is 2.00. The van der Waals surface area contributed by atoms with Crippen molar-refractivity contribution >= 4 is 28.5 Å². The second-order valence-corrected chi connectivity index (χ2v) is 5.36. The van der Waals surface area contributed by atoms with Gasteiger partial charge in [-0.05, 0) is 6.42 Å². The summed E-state index contributed by atoms with van der Waals surface area (Å²) in [4.78, 5) is 4.08. The van der Waals surface area contributed by atoms with Crippen molar-refractivity contribution in [2.75, 3.05) is 24.4 Å². The molecule has 0 radical (unpaired) electrons. The number of thiazole rings is 1. The van der Waals surface area contributed by atoms with Crippen LogP contribution in [0.15, 0.2) is 34.7 Å². The van der Waals surface area contributed by atoms with Crippen LogP contribution < -0.4 is 11.2 Å². The van der Waals surface area contributed by atoms with Crippen LogP contribution in [0.3, 0.4) is 0 Å². The van der Waals surface area contributed by atoms with E-state index in [0.29, 0.717) is 24.2 Å². The molecule has 0 unspecified atom stereocenters. The standard InChI is InChI=1S/C14H16N4O2S/c15-12-9-21-14(17-12)18-16-8-10-4-1-2-5-11(10)13-19-6-3-7-20-13/h1-2,4-5,8-9,13H,3,6-7,15H2,(H,17,18). The lowest BCUT2D eigenvalue weighted by molar-refractivity contribution is -0.183. The normalized spacial score (nSPS) is 16.4. The van der Waals surface area contributed by atoms with E-state index in [1.807, 2.05) is 24.3 Å². The lowest BCUT2D eigenvalue weighted by Gasteiger charge is -2.24. The van der Waals surface area contributed by atoms with Gasteiger partial charge in [-0.2, -0.15) is 5.10 Å². The monoisotopic (exact) mass is 304 g/mol. The number of ether oxygens (including phenoxy) is 2. The first kappa shape index (κ1) is 14.0. The van der Waals surface area contributed by atoms with Crippen molar-refractivity contribution in [3.63, 3.8) is 0 Å². The summed E-state index contributed by atoms with van der Waals surface area (Å²) in [5.74, 6) is 0.488. The third-order valence-corrected chi connectivity index (χ3v) is 3.73. The minimum atomic E-state index is -0.322. The molecule has 2 aromatic rings. The molecule has 110 valence electrons. The summed E-state index contributed by atoms with van der Waals surface area (Å²) in [5.41, 5.74) is 10.3. The minimum absolute atomic E-state index is 0.322. The van der Waals surface area contributed by atoms with Crippen molar-refractivity contribution in [3.8, 4) is 0 Å². The number of hydrogen-bond donors (Lipinski definition) is 2. The number of nitrogens with two attached hydrogens (primary N) is 1. The Morgan fingerprint density at radius 2 is 2.14 bits per heavy atom. The predicted octanol–water partition coefficient (Wildman–Crippen LogP) is 2.61. The number of rotatable bonds is 4. The van der Waals surface area contributed by atoms with Crippen molar-refractivity contribution < 1.29 is 9.47 Å². The van der Waals surface area contributed by atoms with E-state index >= 15 is 0 Å². The van der Waals surface area contributed by atoms with Gasteiger partial charge in [0.05, 0.1) is 19.4 Å². The second-order valence-electron chi connectivity index (χ2n) is 4.50. The van der Waals surface area contributed by atoms with Gasteiger partial charge in [0.2, 0.25) is 5.13 Å². The number of hydrazone groups is 1. The summed E-state index contributed by atoms with van der Waals surface area (Å²) in [6.45, 7) is 1.43. The quantitative estimate of drug-likeness (QED) is 0.670. The Morgan fingerprint density at radius 1 is 1.33 bits per heavy atom. The van der Waals surface area contributed by atoms with Crippen LogP contribution >= 0.6 is 11.3 Å². The first-order valence-electron chi connectivity index (χ1n) is 6.65. The van der Waals surface area contributed by atoms with Crippen LogP contribution in [0.4, 0.5) is 10.9 Å². The molecule has 3 rings (SSSR count). The smallest absolute Gasteiger partial charge is 0.205 e. The van der Waals surface area contributed by atoms with E-state index in [2.05, 4.69) is 15.5 Å². The number of nitrogens with one attached hydrogen (secondary N) is 1. The summed E-state index contributed by atoms with van der Waals surface area (Å²) < 4.78 is 11.3. The molecule has 0 aliphatic carbocycles. The van der Waals surface area contributed by atoms with Gasteiger partial charge in [0.15, 0.2) is 6.29 Å². The zero-order chi connectivity index (χ0) is 14.5. The van der Waals surface area contributed by atoms with E-state index in [1.54, 1.807) is 11.6 Å². The van der Waals surface area contributed by atoms with E-state index in [1.165, 1.54) is 11.3 Å². The third-order valence-electron chi connectivity index (χ3n) is 2.96. The van der Waals surface area contributed by atoms with Crippen LogP contribution in [0.5, 0.6) is 0 Å². The zero-order valence-electron chi connectivity index (χ0n) is 11.4. The summed E-state index contributed by atoms with van der Waals surface area (Å²) >= 11 is 1.41. The number of nitrogens with zero attached hydrogens (tertiary/aromatic N) is 2. The van der Waals surface area contributed by atoms with Gasteiger partial charge in [0.1, 0.15) is 5.82 Å². The molecular formula is C14H16N4O2S. The highest BCUT2D eigenvalue weighted by Crippen LogP contribution is 2.25. The second kappa shape index (κ2) is 6.66. The van der Waals surface area contributed by atoms with Crippen LogP contribution in [0, 0.1) is 0 Å². The van der Waals surface area contributed by atoms with Crippen LogP contribution in [0.2, 0.25) is 0 Å². The summed E-state index contributed by atoms with van der Waals surface area (Å²) in [7, 11) is 0. The Bertz CT molecular complexity index is 623. The maximum Gasteiger partial charge on any atom is 0.205 e. The molecule has 0 bridgehead atoms. The number of nitrogen functional groups attached to an aromatic ring is 1. The predicted molar refractivity (Wildman–Crippen MR) is 83.4 cm³/mol. The molecule has 6 nitrogen and oxygen atoms in total. The first-order chi connectivity index (χ1) is 10.3. The highest BCUT2D eigenvalue weighted by molar-refractivity contribution is 7.14. The zero-order valence-corrected chi connectivity index (χ0v) is 12.2. The van der Waals surface area contributed by atoms with Crippen molar-refractivity contribution in [2.24, 2.45) is 5.10 Å². The van der Waals surface area contributed by atoms with Gasteiger partial charge in [-0.3, -0.25) is 5.43 Å². The van der Waals surface area contributed by atoms with Gasteiger partial charge in [0.25, 0.3) is 0 Å². The lowest BCUT2D eigenvalue weighted by atomic mass is 10.1. The Morgan fingerprint density at radius 3 is 2.90 bits per heavy atom. The molecule has 0 spiro atoms. The van der Waals surface area contributed by atoms with Crippen molar-refractivity contribution in [1.29, 1.82) is 0 Å². The number of aromatic nitrogens is 1. The van der Waals surface area contributed by atoms with Crippen molar-refractivity contribution in [1.82, 2.24) is 4.98 Å². The summed E-state index contributed by atoms with van der Waals surface area (Å²) in [5, 5.41) is 6.61. The molecule has 1 aromatic carbocycles. The lowest BCUT2D eigenvalue weighted by Crippen LogP contribution is -2.18. The highest BCUT2D eigenvalue weighted by Gasteiger charge is 2.18. The topological polar surface area (TPSA) is 81.8 Å². The maximum atomic E-state index is 5.64. The Labute approximate surface area is 126 Å². The molecule has 0 atom stereocenters. The SMILES string of the molecule is Nc1csc(NN=Cc2ccccc2C2OCCCO2)n1. The average Bonchev–Trinajstić information content (AvgIpc) is 2.94. The molecular weight excluding hydrogens is 288 g/mol. The number of anilines is 2. The fourth-order valence-corrected chi connectivity index (χ4v) is 2.55. The van der Waals surface area contributed by atoms with Gasteiger partial charge in [0, 0.05) is 16.5 Å². The van der Waals surface area contributed by atoms with Crippen LogP contribution in [0.1, 0.15) is 23.8 Å². The molecule has 7 heteroatoms. The first-order valence-corrected chi connectivity index (χ1v) is 7.53. The molecule has 0 saturated carbocycles. The van der Waals surface area contributed by atoms with Gasteiger partial charge in [-0.15, -0.1) is 11.3 Å². The van der Waals surface area contributed by atoms with Gasteiger partial charge in [-0.25, -0.2) is 4.98 Å². The molecule has 21 heavy (non-hydrogen) atoms. The molecule has 1 aliphatic rings. The van der Waals surface area contributed by atoms with Gasteiger partial charge in [-0.1, -0.05) is 24.3 Å². The van der Waals surface area contributed by atoms with E-state index in [4.69, 9.17) is 15.2 Å². The minimum Gasteiger partial charge on any atom is -0.383 e. The van der Waals surface area contributed by atoms with E-state index < -0.39 is 0 Å². The largest absolute Gasteiger partial charge is 0.383 e. The fraction of sp³-hybridized carbons (Fsp3) is 0.286. The summed E-state index contributed by atoms with van der Waals surface area (Å²) in [6, 6.07) is 7.87. The van der Waals surface area contributed by atoms with E-state index in [9.17, 15) is 0 Å². The molecule has 0 amide bonds. The Hall–Kier alpha value is -1.96. The Kier molecular flexibility index (Phi) is 4.44. The molecule has 1 saturated heterocycles. The summed E-state index contributed by atoms with van der Waals surface area (Å²) in [6.07, 6.45) is 2.34. The number of benzene rings is 1. The molecule has 1 aliphatic heterocycles. The molecule has 1 aromatic heterocycles. The van der Waals surface area contributed by atoms with Crippen molar-refractivity contribution in [2.45, 2.75) is 12.7 Å². The van der Waals surface area contributed by atoms with Crippen LogP contribution in [0.25, 0.3) is 0 Å². The van der Waals surface area contributed by atoms with Crippen LogP contribution in [-0.4, -0.2) is 24.4 Å². The maximum absolute atomic E-state index is 5.64. The van der Waals surface area contributed by atoms with Crippen molar-refractivity contribution in [3.05, 3.63) is 40.8 Å². The van der Waals surface area contributed by atoms with E-state index in [0.717, 1.165) is 17.5 Å². The van der Waals surface area contributed by atoms with Gasteiger partial charge >= 0.3 is 0 Å². The molecule has 1 fully saturated rings. The van der Waals surface area contributed by atoms with Gasteiger partial charge < -0.3 is 15.2 Å². The average molecular weight is 304 g/mol. The third kappa shape index (κ3) is 3.57. The van der Waals surface area contributed by atoms with Crippen LogP contribution in [-0.2, 0) is 9.47 Å². The Balaban J connectivity index is 1.72. The highest BCUT2D eigenvalue weighted by atomic mass is 32.1. The molecule has 3 N–H and O–H groups in total.